The molecule has 1 aliphatic carbocycles. The normalized spacial score (nSPS) is 15.2. The van der Waals surface area contributed by atoms with E-state index in [9.17, 15) is 0 Å². The van der Waals surface area contributed by atoms with E-state index < -0.39 is 0 Å². The van der Waals surface area contributed by atoms with Crippen molar-refractivity contribution in [1.29, 1.82) is 0 Å². The lowest BCUT2D eigenvalue weighted by molar-refractivity contribution is 0.700. The van der Waals surface area contributed by atoms with Gasteiger partial charge in [0.2, 0.25) is 0 Å². The maximum Gasteiger partial charge on any atom is 0.164 e. The largest absolute Gasteiger partial charge is 0.367 e. The van der Waals surface area contributed by atoms with Crippen molar-refractivity contribution in [2.24, 2.45) is 0 Å². The zero-order valence-corrected chi connectivity index (χ0v) is 15.0. The van der Waals surface area contributed by atoms with E-state index in [4.69, 9.17) is 9.97 Å². The molecule has 0 bridgehead atoms. The first-order chi connectivity index (χ1) is 11.8. The molecule has 0 saturated heterocycles. The Hall–Kier alpha value is -2.01. The molecular formula is C19H22N4S. The van der Waals surface area contributed by atoms with E-state index in [2.05, 4.69) is 24.1 Å². The van der Waals surface area contributed by atoms with Crippen molar-refractivity contribution >= 4 is 27.4 Å². The standard InChI is InChI=1S/C19H22N4S/c1-3-12(2)21-18-16-14-8-4-5-9-15(14)24-19(16)23-17(22-18)13-7-6-10-20-11-13/h6-7,10-12H,3-5,8-9H2,1-2H3,(H,21,22,23)/t12-/m1/s1. The second kappa shape index (κ2) is 6.48. The molecule has 1 aliphatic rings. The minimum atomic E-state index is 0.393. The molecule has 0 amide bonds. The quantitative estimate of drug-likeness (QED) is 0.739. The van der Waals surface area contributed by atoms with Crippen LogP contribution >= 0.6 is 11.3 Å². The maximum atomic E-state index is 4.88. The van der Waals surface area contributed by atoms with Gasteiger partial charge >= 0.3 is 0 Å². The first-order valence-corrected chi connectivity index (χ1v) is 9.57. The molecule has 0 fully saturated rings. The summed E-state index contributed by atoms with van der Waals surface area (Å²) >= 11 is 1.85. The van der Waals surface area contributed by atoms with Gasteiger partial charge in [-0.25, -0.2) is 9.97 Å². The third-order valence-electron chi connectivity index (χ3n) is 4.73. The molecule has 0 saturated carbocycles. The Kier molecular flexibility index (Phi) is 4.19. The number of aryl methyl sites for hydroxylation is 2. The van der Waals surface area contributed by atoms with Crippen LogP contribution in [0.15, 0.2) is 24.5 Å². The molecule has 3 aromatic heterocycles. The number of hydrogen-bond donors (Lipinski definition) is 1. The molecule has 1 N–H and O–H groups in total. The van der Waals surface area contributed by atoms with Crippen molar-refractivity contribution in [3.63, 3.8) is 0 Å². The number of fused-ring (bicyclic) bond motifs is 3. The molecule has 4 nitrogen and oxygen atoms in total. The van der Waals surface area contributed by atoms with Gasteiger partial charge in [-0.05, 0) is 56.7 Å². The molecule has 0 spiro atoms. The van der Waals surface area contributed by atoms with Gasteiger partial charge in [0.05, 0.1) is 5.39 Å². The second-order valence-electron chi connectivity index (χ2n) is 6.48. The average molecular weight is 338 g/mol. The molecule has 5 heteroatoms. The third-order valence-corrected chi connectivity index (χ3v) is 5.92. The van der Waals surface area contributed by atoms with Crippen LogP contribution < -0.4 is 5.32 Å². The van der Waals surface area contributed by atoms with Crippen LogP contribution in [-0.2, 0) is 12.8 Å². The fraction of sp³-hybridized carbons (Fsp3) is 0.421. The van der Waals surface area contributed by atoms with E-state index in [1.165, 1.54) is 35.1 Å². The van der Waals surface area contributed by atoms with E-state index in [-0.39, 0.29) is 0 Å². The zero-order valence-electron chi connectivity index (χ0n) is 14.2. The first kappa shape index (κ1) is 15.5. The summed E-state index contributed by atoms with van der Waals surface area (Å²) < 4.78 is 0. The molecule has 1 atom stereocenters. The Morgan fingerprint density at radius 1 is 1.25 bits per heavy atom. The molecule has 0 unspecified atom stereocenters. The molecule has 4 rings (SSSR count). The lowest BCUT2D eigenvalue weighted by atomic mass is 9.97. The van der Waals surface area contributed by atoms with Crippen molar-refractivity contribution in [2.75, 3.05) is 5.32 Å². The Morgan fingerprint density at radius 3 is 2.92 bits per heavy atom. The number of pyridine rings is 1. The highest BCUT2D eigenvalue weighted by Gasteiger charge is 2.22. The highest BCUT2D eigenvalue weighted by atomic mass is 32.1. The topological polar surface area (TPSA) is 50.7 Å². The van der Waals surface area contributed by atoms with Gasteiger partial charge in [-0.3, -0.25) is 4.98 Å². The van der Waals surface area contributed by atoms with Gasteiger partial charge < -0.3 is 5.32 Å². The van der Waals surface area contributed by atoms with Crippen LogP contribution in [0.1, 0.15) is 43.6 Å². The van der Waals surface area contributed by atoms with Gasteiger partial charge in [-0.1, -0.05) is 6.92 Å². The fourth-order valence-corrected chi connectivity index (χ4v) is 4.48. The van der Waals surface area contributed by atoms with Gasteiger partial charge in [0.25, 0.3) is 0 Å². The van der Waals surface area contributed by atoms with Gasteiger partial charge in [0.15, 0.2) is 5.82 Å². The molecule has 3 heterocycles. The highest BCUT2D eigenvalue weighted by molar-refractivity contribution is 7.19. The SMILES string of the molecule is CC[C@@H](C)Nc1nc(-c2cccnc2)nc2sc3c(c12)CCCC3. The van der Waals surface area contributed by atoms with Gasteiger partial charge in [-0.2, -0.15) is 0 Å². The number of anilines is 1. The van der Waals surface area contributed by atoms with E-state index >= 15 is 0 Å². The summed E-state index contributed by atoms with van der Waals surface area (Å²) in [6.45, 7) is 4.40. The molecule has 0 radical (unpaired) electrons. The number of nitrogens with one attached hydrogen (secondary N) is 1. The fourth-order valence-electron chi connectivity index (χ4n) is 3.22. The Labute approximate surface area is 146 Å². The Morgan fingerprint density at radius 2 is 2.12 bits per heavy atom. The Balaban J connectivity index is 1.91. The molecule has 24 heavy (non-hydrogen) atoms. The summed E-state index contributed by atoms with van der Waals surface area (Å²) in [4.78, 5) is 16.6. The molecule has 124 valence electrons. The number of thiophene rings is 1. The van der Waals surface area contributed by atoms with Gasteiger partial charge in [0.1, 0.15) is 10.6 Å². The monoisotopic (exact) mass is 338 g/mol. The lowest BCUT2D eigenvalue weighted by Crippen LogP contribution is -2.15. The summed E-state index contributed by atoms with van der Waals surface area (Å²) in [7, 11) is 0. The molecule has 0 aromatic carbocycles. The minimum Gasteiger partial charge on any atom is -0.367 e. The number of rotatable bonds is 4. The van der Waals surface area contributed by atoms with E-state index in [1.54, 1.807) is 6.20 Å². The smallest absolute Gasteiger partial charge is 0.164 e. The lowest BCUT2D eigenvalue weighted by Gasteiger charge is -2.16. The van der Waals surface area contributed by atoms with Gasteiger partial charge in [-0.15, -0.1) is 11.3 Å². The second-order valence-corrected chi connectivity index (χ2v) is 7.57. The van der Waals surface area contributed by atoms with Crippen LogP contribution in [0.3, 0.4) is 0 Å². The van der Waals surface area contributed by atoms with Crippen molar-refractivity contribution in [1.82, 2.24) is 15.0 Å². The van der Waals surface area contributed by atoms with Crippen molar-refractivity contribution in [3.8, 4) is 11.4 Å². The van der Waals surface area contributed by atoms with Crippen molar-refractivity contribution < 1.29 is 0 Å². The zero-order chi connectivity index (χ0) is 16.5. The minimum absolute atomic E-state index is 0.393. The van der Waals surface area contributed by atoms with Crippen LogP contribution in [0, 0.1) is 0 Å². The van der Waals surface area contributed by atoms with Crippen molar-refractivity contribution in [2.45, 2.75) is 52.0 Å². The van der Waals surface area contributed by atoms with Crippen LogP contribution in [0.25, 0.3) is 21.6 Å². The number of aromatic nitrogens is 3. The maximum absolute atomic E-state index is 4.88. The number of nitrogens with zero attached hydrogens (tertiary/aromatic N) is 3. The van der Waals surface area contributed by atoms with Gasteiger partial charge in [0, 0.05) is 28.9 Å². The van der Waals surface area contributed by atoms with Crippen LogP contribution in [0.2, 0.25) is 0 Å². The summed E-state index contributed by atoms with van der Waals surface area (Å²) in [6.07, 6.45) is 9.58. The summed E-state index contributed by atoms with van der Waals surface area (Å²) in [5.41, 5.74) is 2.45. The van der Waals surface area contributed by atoms with E-state index in [1.807, 2.05) is 29.7 Å². The highest BCUT2D eigenvalue weighted by Crippen LogP contribution is 2.39. The van der Waals surface area contributed by atoms with Crippen LogP contribution in [-0.4, -0.2) is 21.0 Å². The Bertz CT molecular complexity index is 857. The predicted molar refractivity (Wildman–Crippen MR) is 101 cm³/mol. The summed E-state index contributed by atoms with van der Waals surface area (Å²) in [6, 6.07) is 4.35. The predicted octanol–water partition coefficient (Wildman–Crippen LogP) is 4.84. The van der Waals surface area contributed by atoms with E-state index in [0.717, 1.165) is 34.9 Å². The first-order valence-electron chi connectivity index (χ1n) is 8.75. The van der Waals surface area contributed by atoms with Crippen LogP contribution in [0.5, 0.6) is 0 Å². The molecular weight excluding hydrogens is 316 g/mol. The van der Waals surface area contributed by atoms with E-state index in [0.29, 0.717) is 6.04 Å². The average Bonchev–Trinajstić information content (AvgIpc) is 3.01. The molecule has 0 aliphatic heterocycles. The van der Waals surface area contributed by atoms with Crippen molar-refractivity contribution in [3.05, 3.63) is 35.0 Å². The number of hydrogen-bond acceptors (Lipinski definition) is 5. The summed E-state index contributed by atoms with van der Waals surface area (Å²) in [5, 5.41) is 4.87. The molecule has 3 aromatic rings. The third kappa shape index (κ3) is 2.77. The van der Waals surface area contributed by atoms with Crippen LogP contribution in [0.4, 0.5) is 5.82 Å². The summed E-state index contributed by atoms with van der Waals surface area (Å²) in [5.74, 6) is 1.76.